The second kappa shape index (κ2) is 7.72. The number of thiazole rings is 1. The Morgan fingerprint density at radius 1 is 1.43 bits per heavy atom. The molecule has 122 valence electrons. The average molecular weight is 349 g/mol. The van der Waals surface area contributed by atoms with Crippen LogP contribution in [0.1, 0.15) is 4.88 Å². The molecule has 0 spiro atoms. The summed E-state index contributed by atoms with van der Waals surface area (Å²) in [6, 6.07) is 4.06. The van der Waals surface area contributed by atoms with E-state index >= 15 is 0 Å². The molecule has 7 heteroatoms. The van der Waals surface area contributed by atoms with Crippen LogP contribution in [0.25, 0.3) is 10.6 Å². The summed E-state index contributed by atoms with van der Waals surface area (Å²) in [5, 5.41) is 6.11. The fourth-order valence-electron chi connectivity index (χ4n) is 2.31. The fourth-order valence-corrected chi connectivity index (χ4v) is 4.07. The van der Waals surface area contributed by atoms with E-state index in [4.69, 9.17) is 4.74 Å². The van der Waals surface area contributed by atoms with Crippen LogP contribution in [-0.4, -0.2) is 48.6 Å². The molecular formula is C16H19N3O2S2. The molecule has 1 amide bonds. The smallest absolute Gasteiger partial charge is 0.227 e. The lowest BCUT2D eigenvalue weighted by molar-refractivity contribution is -0.134. The van der Waals surface area contributed by atoms with Gasteiger partial charge >= 0.3 is 0 Å². The van der Waals surface area contributed by atoms with Crippen LogP contribution in [0, 0.1) is 0 Å². The molecule has 5 nitrogen and oxygen atoms in total. The van der Waals surface area contributed by atoms with E-state index in [-0.39, 0.29) is 5.91 Å². The molecule has 1 fully saturated rings. The second-order valence-electron chi connectivity index (χ2n) is 5.14. The van der Waals surface area contributed by atoms with Crippen molar-refractivity contribution in [2.24, 2.45) is 0 Å². The predicted octanol–water partition coefficient (Wildman–Crippen LogP) is 2.87. The average Bonchev–Trinajstić information content (AvgIpc) is 3.23. The Labute approximate surface area is 143 Å². The summed E-state index contributed by atoms with van der Waals surface area (Å²) in [4.78, 5) is 20.9. The number of hydrogen-bond acceptors (Lipinski definition) is 6. The first-order valence-corrected chi connectivity index (χ1v) is 9.21. The second-order valence-corrected chi connectivity index (χ2v) is 7.17. The number of anilines is 1. The van der Waals surface area contributed by atoms with E-state index in [1.165, 1.54) is 0 Å². The molecule has 3 rings (SSSR count). The highest BCUT2D eigenvalue weighted by Gasteiger charge is 2.18. The number of nitrogens with one attached hydrogen (secondary N) is 1. The Balaban J connectivity index is 1.62. The van der Waals surface area contributed by atoms with Crippen LogP contribution in [0.15, 0.2) is 30.2 Å². The van der Waals surface area contributed by atoms with Gasteiger partial charge in [-0.2, -0.15) is 0 Å². The maximum atomic E-state index is 12.3. The third kappa shape index (κ3) is 4.19. The van der Waals surface area contributed by atoms with Crippen LogP contribution in [0.4, 0.5) is 5.13 Å². The molecule has 1 saturated heterocycles. The van der Waals surface area contributed by atoms with Crippen LogP contribution >= 0.6 is 22.7 Å². The normalized spacial score (nSPS) is 14.7. The number of amides is 1. The maximum absolute atomic E-state index is 12.3. The van der Waals surface area contributed by atoms with Gasteiger partial charge in [0.2, 0.25) is 5.91 Å². The van der Waals surface area contributed by atoms with Crippen LogP contribution in [-0.2, 0) is 16.0 Å². The number of nitrogens with zero attached hydrogens (tertiary/aromatic N) is 2. The molecule has 1 aliphatic heterocycles. The number of morpholine rings is 1. The zero-order chi connectivity index (χ0) is 16.1. The minimum Gasteiger partial charge on any atom is -0.378 e. The first-order valence-electron chi connectivity index (χ1n) is 7.51. The van der Waals surface area contributed by atoms with E-state index in [1.54, 1.807) is 22.7 Å². The topological polar surface area (TPSA) is 54.5 Å². The largest absolute Gasteiger partial charge is 0.378 e. The van der Waals surface area contributed by atoms with Gasteiger partial charge < -0.3 is 15.0 Å². The van der Waals surface area contributed by atoms with Crippen molar-refractivity contribution in [2.45, 2.75) is 6.42 Å². The summed E-state index contributed by atoms with van der Waals surface area (Å²) in [5.74, 6) is 0.174. The fraction of sp³-hybridized carbons (Fsp3) is 0.375. The molecule has 0 atom stereocenters. The standard InChI is InChI=1S/C16H19N3O2S2/c1-2-5-17-16-18-13(11-22-16)14-4-3-12(23-14)10-15(20)19-6-8-21-9-7-19/h2-4,11H,1,5-10H2,(H,17,18). The van der Waals surface area contributed by atoms with Gasteiger partial charge in [-0.25, -0.2) is 4.98 Å². The van der Waals surface area contributed by atoms with Crippen molar-refractivity contribution in [2.75, 3.05) is 38.2 Å². The lowest BCUT2D eigenvalue weighted by atomic mass is 10.3. The molecule has 0 aromatic carbocycles. The molecule has 0 saturated carbocycles. The summed E-state index contributed by atoms with van der Waals surface area (Å²) >= 11 is 3.21. The minimum atomic E-state index is 0.174. The number of aromatic nitrogens is 1. The van der Waals surface area contributed by atoms with E-state index in [2.05, 4.69) is 16.9 Å². The zero-order valence-corrected chi connectivity index (χ0v) is 14.4. The summed E-state index contributed by atoms with van der Waals surface area (Å²) < 4.78 is 5.28. The third-order valence-corrected chi connectivity index (χ3v) is 5.41. The van der Waals surface area contributed by atoms with Crippen LogP contribution in [0.3, 0.4) is 0 Å². The highest BCUT2D eigenvalue weighted by atomic mass is 32.1. The van der Waals surface area contributed by atoms with Gasteiger partial charge in [-0.3, -0.25) is 4.79 Å². The highest BCUT2D eigenvalue weighted by Crippen LogP contribution is 2.31. The molecule has 2 aromatic heterocycles. The van der Waals surface area contributed by atoms with E-state index < -0.39 is 0 Å². The number of thiophene rings is 1. The zero-order valence-electron chi connectivity index (χ0n) is 12.8. The first kappa shape index (κ1) is 16.2. The Morgan fingerprint density at radius 2 is 2.26 bits per heavy atom. The molecule has 0 aliphatic carbocycles. The molecule has 0 radical (unpaired) electrons. The quantitative estimate of drug-likeness (QED) is 0.815. The van der Waals surface area contributed by atoms with Crippen molar-refractivity contribution in [1.29, 1.82) is 0 Å². The van der Waals surface area contributed by atoms with Gasteiger partial charge in [0.15, 0.2) is 5.13 Å². The van der Waals surface area contributed by atoms with Crippen LogP contribution < -0.4 is 5.32 Å². The molecule has 23 heavy (non-hydrogen) atoms. The van der Waals surface area contributed by atoms with E-state index in [9.17, 15) is 4.79 Å². The molecule has 2 aromatic rings. The Hall–Kier alpha value is -1.70. The van der Waals surface area contributed by atoms with Crippen molar-refractivity contribution in [1.82, 2.24) is 9.88 Å². The summed E-state index contributed by atoms with van der Waals surface area (Å²) in [7, 11) is 0. The van der Waals surface area contributed by atoms with E-state index in [0.717, 1.165) is 20.6 Å². The van der Waals surface area contributed by atoms with Crippen molar-refractivity contribution >= 4 is 33.7 Å². The molecular weight excluding hydrogens is 330 g/mol. The number of rotatable bonds is 6. The van der Waals surface area contributed by atoms with Crippen molar-refractivity contribution in [3.05, 3.63) is 35.0 Å². The SMILES string of the molecule is C=CCNc1nc(-c2ccc(CC(=O)N3CCOCC3)s2)cs1. The molecule has 0 bridgehead atoms. The van der Waals surface area contributed by atoms with Crippen LogP contribution in [0.2, 0.25) is 0 Å². The number of hydrogen-bond donors (Lipinski definition) is 1. The monoisotopic (exact) mass is 349 g/mol. The summed E-state index contributed by atoms with van der Waals surface area (Å²) in [6.07, 6.45) is 2.26. The summed E-state index contributed by atoms with van der Waals surface area (Å²) in [6.45, 7) is 7.06. The molecule has 3 heterocycles. The Morgan fingerprint density at radius 3 is 3.04 bits per heavy atom. The van der Waals surface area contributed by atoms with Gasteiger partial charge in [0.1, 0.15) is 0 Å². The molecule has 0 unspecified atom stereocenters. The van der Waals surface area contributed by atoms with E-state index in [1.807, 2.05) is 28.5 Å². The van der Waals surface area contributed by atoms with Gasteiger partial charge in [-0.05, 0) is 12.1 Å². The molecule has 1 aliphatic rings. The lowest BCUT2D eigenvalue weighted by Crippen LogP contribution is -2.41. The van der Waals surface area contributed by atoms with Crippen molar-refractivity contribution < 1.29 is 9.53 Å². The highest BCUT2D eigenvalue weighted by molar-refractivity contribution is 7.17. The van der Waals surface area contributed by atoms with Crippen molar-refractivity contribution in [3.63, 3.8) is 0 Å². The summed E-state index contributed by atoms with van der Waals surface area (Å²) in [5.41, 5.74) is 0.955. The predicted molar refractivity (Wildman–Crippen MR) is 95.2 cm³/mol. The van der Waals surface area contributed by atoms with Crippen molar-refractivity contribution in [3.8, 4) is 10.6 Å². The number of ether oxygens (including phenoxy) is 1. The minimum absolute atomic E-state index is 0.174. The first-order chi connectivity index (χ1) is 11.3. The van der Waals surface area contributed by atoms with E-state index in [0.29, 0.717) is 39.3 Å². The van der Waals surface area contributed by atoms with Gasteiger partial charge in [0.25, 0.3) is 0 Å². The number of carbonyl (C=O) groups is 1. The van der Waals surface area contributed by atoms with Gasteiger partial charge in [-0.15, -0.1) is 29.3 Å². The molecule has 1 N–H and O–H groups in total. The third-order valence-electron chi connectivity index (χ3n) is 3.51. The lowest BCUT2D eigenvalue weighted by Gasteiger charge is -2.26. The van der Waals surface area contributed by atoms with Gasteiger partial charge in [-0.1, -0.05) is 6.08 Å². The number of carbonyl (C=O) groups excluding carboxylic acids is 1. The Kier molecular flexibility index (Phi) is 5.43. The Bertz CT molecular complexity index is 674. The maximum Gasteiger partial charge on any atom is 0.227 e. The van der Waals surface area contributed by atoms with Gasteiger partial charge in [0, 0.05) is 29.9 Å². The van der Waals surface area contributed by atoms with Gasteiger partial charge in [0.05, 0.1) is 30.2 Å². The van der Waals surface area contributed by atoms with Crippen LogP contribution in [0.5, 0.6) is 0 Å².